The van der Waals surface area contributed by atoms with Crippen LogP contribution in [-0.2, 0) is 175 Å². The molecule has 0 saturated heterocycles. The normalized spacial score (nSPS) is 12.8. The Morgan fingerprint density at radius 3 is 1.15 bits per heavy atom. The number of unbranched alkanes of at least 4 members (excludes halogenated alkanes) is 3. The molecule has 1 aliphatic heterocycles. The number of nitrogens with zero attached hydrogens (tertiary/aromatic N) is 12. The van der Waals surface area contributed by atoms with Crippen molar-refractivity contribution in [3.05, 3.63) is 92.8 Å². The Morgan fingerprint density at radius 2 is 0.797 bits per heavy atom. The van der Waals surface area contributed by atoms with Crippen molar-refractivity contribution in [3.63, 3.8) is 0 Å². The van der Waals surface area contributed by atoms with Crippen LogP contribution in [-0.4, -0.2) is 323 Å². The molecular formula is C73H103N19O35Tc+4. The average molecular weight is 1910 g/mol. The second-order valence-electron chi connectivity index (χ2n) is 28.9. The Balaban J connectivity index is 0.00000242. The summed E-state index contributed by atoms with van der Waals surface area (Å²) in [4.78, 5) is 234. The summed E-state index contributed by atoms with van der Waals surface area (Å²) in [6, 6.07) is -10.9. The van der Waals surface area contributed by atoms with Gasteiger partial charge in [0.1, 0.15) is 107 Å². The summed E-state index contributed by atoms with van der Waals surface area (Å²) in [6.07, 6.45) is 11.7. The summed E-state index contributed by atoms with van der Waals surface area (Å²) >= 11 is 0. The number of aliphatic carboxylic acids is 13. The first kappa shape index (κ1) is 114. The average Bonchev–Trinajstić information content (AvgIpc) is 1.61. The first-order chi connectivity index (χ1) is 59.8. The number of hydrogen-bond donors (Lipinski definition) is 20. The van der Waals surface area contributed by atoms with E-state index in [0.717, 1.165) is 11.6 Å². The van der Waals surface area contributed by atoms with Gasteiger partial charge in [-0.25, -0.2) is 62.3 Å². The van der Waals surface area contributed by atoms with Crippen LogP contribution in [0.25, 0.3) is 0 Å². The minimum atomic E-state index is -1.75. The zero-order valence-electron chi connectivity index (χ0n) is 69.1. The molecule has 0 aliphatic carbocycles. The number of fused-ring (bicyclic) bond motifs is 2. The van der Waals surface area contributed by atoms with Gasteiger partial charge in [-0.15, -0.1) is 0 Å². The number of rotatable bonds is 55. The van der Waals surface area contributed by atoms with Gasteiger partial charge in [-0.3, -0.25) is 47.9 Å². The van der Waals surface area contributed by atoms with Crippen molar-refractivity contribution in [2.24, 2.45) is 5.73 Å². The summed E-state index contributed by atoms with van der Waals surface area (Å²) in [5.74, 6) is -18.8. The number of nitrogens with two attached hydrogens (primary N) is 1. The molecule has 0 spiro atoms. The van der Waals surface area contributed by atoms with E-state index in [9.17, 15) is 147 Å². The third-order valence-corrected chi connectivity index (χ3v) is 18.9. The minimum absolute atomic E-state index is 0. The fraction of sp³-hybridized carbons (Fsp3) is 0.534. The predicted molar refractivity (Wildman–Crippen MR) is 411 cm³/mol. The fourth-order valence-corrected chi connectivity index (χ4v) is 12.8. The van der Waals surface area contributed by atoms with Crippen LogP contribution in [0.1, 0.15) is 120 Å². The topological polar surface area (TPSA) is 805 Å². The molecule has 6 atom stereocenters. The molecule has 703 valence electrons. The van der Waals surface area contributed by atoms with E-state index in [1.165, 1.54) is 33.9 Å². The summed E-state index contributed by atoms with van der Waals surface area (Å²) in [5, 5.41) is 134. The second kappa shape index (κ2) is 58.3. The van der Waals surface area contributed by atoms with Crippen molar-refractivity contribution in [1.82, 2.24) is 69.9 Å². The zero-order valence-corrected chi connectivity index (χ0v) is 71.0. The van der Waals surface area contributed by atoms with Crippen LogP contribution >= 0.6 is 0 Å². The van der Waals surface area contributed by atoms with E-state index >= 15 is 0 Å². The Morgan fingerprint density at radius 1 is 0.453 bits per heavy atom. The van der Waals surface area contributed by atoms with E-state index in [0.29, 0.717) is 66.3 Å². The van der Waals surface area contributed by atoms with Crippen molar-refractivity contribution in [2.75, 3.05) is 59.9 Å². The molecule has 8 amide bonds. The number of nitrogens with one attached hydrogen (secondary N) is 6. The third kappa shape index (κ3) is 43.1. The molecule has 1 radical (unpaired) electrons. The maximum atomic E-state index is 13.1. The first-order valence-corrected chi connectivity index (χ1v) is 38.1. The van der Waals surface area contributed by atoms with Crippen LogP contribution in [0.4, 0.5) is 9.59 Å². The van der Waals surface area contributed by atoms with Crippen molar-refractivity contribution in [2.45, 2.75) is 192 Å². The molecule has 0 fully saturated rings. The molecule has 54 nitrogen and oxygen atoms in total. The Bertz CT molecular complexity index is 4350. The molecule has 4 unspecified atom stereocenters. The molecular weight excluding hydrogens is 1800 g/mol. The second-order valence-corrected chi connectivity index (χ2v) is 28.9. The van der Waals surface area contributed by atoms with Crippen LogP contribution in [0.5, 0.6) is 0 Å². The standard InChI is InChI=1S/C38H52N10O20.C32H47N9O12.3CO.Tc/c1-48(20-25-39-9-11-44(25)14-28(50)46(16-31(54)55)17-32(56)57,21-26-40-10-12-45(26)15-29(51)47(18-33(58)59)19-34(60)61)13-3-2-4-22(35(62)63)41-27(49)7-5-23(36(64)65)42-38(68)43-24(37(66)67)6-8-30(52)53;1-41(18-24-37(16-27(44)45)11-13-39(24)20-40-14-12-38(17-28(46)47)25(40)19-41)15-5-3-6-21(33)29(48)34-10-4-2-7-22(30(49)50)35-32(53)36-23(31(51)52)8-9-26(42)43;3*1-2;/h9-12,22-24H,2-8,13-21H2,1H3,(H10-,41,42,43,49,52,53,54,55,56,57,58,59,60,61,62,63,64,65,66,67,68);11-14,21-23H,2-10,15-20,33H2,1H3,(H5-3,34,35,36,42,43,44,45,46,47,48,49,50,51,52,53);;;;/p+4/t22-,23?,24?;21-,22?,23?;;;;/m10..../s1/i;;;;;1+1. The van der Waals surface area contributed by atoms with Gasteiger partial charge in [0.05, 0.1) is 33.2 Å². The number of imidazole rings is 4. The summed E-state index contributed by atoms with van der Waals surface area (Å²) in [5.41, 5.74) is 6.15. The van der Waals surface area contributed by atoms with Crippen LogP contribution < -0.4 is 46.8 Å². The van der Waals surface area contributed by atoms with Crippen molar-refractivity contribution in [1.29, 1.82) is 0 Å². The van der Waals surface area contributed by atoms with Crippen molar-refractivity contribution in [3.8, 4) is 0 Å². The zero-order chi connectivity index (χ0) is 96.6. The molecule has 1 aliphatic rings. The molecule has 5 rings (SSSR count). The van der Waals surface area contributed by atoms with Gasteiger partial charge in [-0.2, -0.15) is 9.13 Å². The number of carboxylic acid groups (broad SMARTS) is 13. The summed E-state index contributed by atoms with van der Waals surface area (Å²) in [6.45, 7) is 10.7. The number of aromatic nitrogens is 8. The van der Waals surface area contributed by atoms with Crippen LogP contribution in [0.3, 0.4) is 0 Å². The molecule has 4 aromatic heterocycles. The number of carbonyl (C=O) groups is 19. The Labute approximate surface area is 739 Å². The van der Waals surface area contributed by atoms with Crippen LogP contribution in [0.2, 0.25) is 0 Å². The van der Waals surface area contributed by atoms with Gasteiger partial charge < -0.3 is 132 Å². The van der Waals surface area contributed by atoms with Gasteiger partial charge >= 0.3 is 135 Å². The van der Waals surface area contributed by atoms with Gasteiger partial charge in [0, 0.05) is 70.7 Å². The van der Waals surface area contributed by atoms with Crippen LogP contribution in [0, 0.1) is 20.0 Å². The molecule has 128 heavy (non-hydrogen) atoms. The van der Waals surface area contributed by atoms with E-state index in [4.69, 9.17) is 29.9 Å². The molecule has 4 aromatic rings. The quantitative estimate of drug-likeness (QED) is 0.00645. The van der Waals surface area contributed by atoms with Gasteiger partial charge in [0.15, 0.2) is 37.8 Å². The number of urea groups is 2. The van der Waals surface area contributed by atoms with Gasteiger partial charge in [-0.1, -0.05) is 0 Å². The molecule has 0 saturated carbocycles. The maximum absolute atomic E-state index is 13.1. The molecule has 55 heteroatoms. The molecule has 0 aromatic carbocycles. The predicted octanol–water partition coefficient (Wildman–Crippen LogP) is -5.45. The Hall–Kier alpha value is -13.9. The summed E-state index contributed by atoms with van der Waals surface area (Å²) in [7, 11) is 3.72. The Kier molecular flexibility index (Phi) is 52.0. The monoisotopic (exact) mass is 1900 g/mol. The number of quaternary nitrogens is 2. The number of carbonyl (C=O) groups excluding carboxylic acids is 6. The number of hydrogen-bond acceptors (Lipinski definition) is 22. The number of carboxylic acids is 13. The van der Waals surface area contributed by atoms with Crippen molar-refractivity contribution >= 4 is 113 Å². The molecule has 0 bridgehead atoms. The van der Waals surface area contributed by atoms with Gasteiger partial charge in [0.25, 0.3) is 0 Å². The fourth-order valence-electron chi connectivity index (χ4n) is 12.8. The first-order valence-electron chi connectivity index (χ1n) is 38.1. The van der Waals surface area contributed by atoms with Crippen molar-refractivity contribution < 1.29 is 210 Å². The van der Waals surface area contributed by atoms with Gasteiger partial charge in [0.2, 0.25) is 30.3 Å². The van der Waals surface area contributed by atoms with E-state index in [1.807, 2.05) is 39.2 Å². The van der Waals surface area contributed by atoms with E-state index in [-0.39, 0.29) is 120 Å². The van der Waals surface area contributed by atoms with E-state index in [2.05, 4.69) is 51.2 Å². The SMILES string of the molecule is C[N+](CCCC[C@@H](NC(=O)CCC(NC(=O)NC(CCC(=O)O)C(=O)O)C(=O)O)C(=O)O)(Cc1nccn1CC(=O)N(CC(=O)O)CC(=O)O)Cc1nccn1CC(=O)N(CC(=O)O)CC(=O)O.C[N+]1(CCCC[C@H](N)C(=O)NCCCCC(NC(=O)NC(CCC(=O)O)C(=O)O)C(=O)O)Cc2n(CC(=O)O)cc[n+]2C[n+]2ccn(CC(=O)O)c2C1.[99Tc].[C-]#[O+].[C-]#[O+].[C-]#[O+]. The number of amides is 8. The van der Waals surface area contributed by atoms with E-state index < -0.39 is 215 Å². The molecule has 21 N–H and O–H groups in total. The van der Waals surface area contributed by atoms with Gasteiger partial charge in [-0.05, 0) is 77.0 Å². The third-order valence-electron chi connectivity index (χ3n) is 18.9. The van der Waals surface area contributed by atoms with Crippen LogP contribution in [0.15, 0.2) is 49.6 Å². The van der Waals surface area contributed by atoms with E-state index in [1.54, 1.807) is 28.6 Å². The summed E-state index contributed by atoms with van der Waals surface area (Å²) < 4.78 is 32.9. The molecule has 5 heterocycles.